The molecule has 9 nitrogen and oxygen atoms in total. The summed E-state index contributed by atoms with van der Waals surface area (Å²) in [6.45, 7) is 7.78. The monoisotopic (exact) mass is 549 g/mol. The van der Waals surface area contributed by atoms with Gasteiger partial charge in [-0.25, -0.2) is 13.6 Å². The molecule has 2 atom stereocenters. The Bertz CT molecular complexity index is 1750. The number of carbonyl (C=O) groups is 1. The number of hydrogen-bond acceptors (Lipinski definition) is 5. The SMILES string of the molecule is C[C@@H]1CCC[N+]1(C(=O)OC(C)(C)C)c1cc2c(cc1F)n1c(=O)n(OCc3ccccc3)c(=O)cc1n2C1CC1. The molecule has 10 heteroatoms. The number of likely N-dealkylation sites (tertiary alicyclic amines) is 1. The smallest absolute Gasteiger partial charge is 0.414 e. The van der Waals surface area contributed by atoms with Crippen LogP contribution >= 0.6 is 0 Å². The van der Waals surface area contributed by atoms with E-state index in [1.54, 1.807) is 26.8 Å². The predicted octanol–water partition coefficient (Wildman–Crippen LogP) is 4.94. The average Bonchev–Trinajstić information content (AvgIpc) is 3.57. The van der Waals surface area contributed by atoms with E-state index in [1.807, 2.05) is 41.8 Å². The van der Waals surface area contributed by atoms with Gasteiger partial charge in [0, 0.05) is 37.1 Å². The molecule has 0 spiro atoms. The van der Waals surface area contributed by atoms with E-state index in [0.29, 0.717) is 23.2 Å². The van der Waals surface area contributed by atoms with E-state index in [0.717, 1.165) is 36.0 Å². The summed E-state index contributed by atoms with van der Waals surface area (Å²) in [6, 6.07) is 13.4. The van der Waals surface area contributed by atoms with Gasteiger partial charge < -0.3 is 14.1 Å². The van der Waals surface area contributed by atoms with Crippen LogP contribution < -0.4 is 20.6 Å². The number of halogens is 1. The molecule has 1 saturated heterocycles. The fourth-order valence-corrected chi connectivity index (χ4v) is 5.96. The van der Waals surface area contributed by atoms with Crippen molar-refractivity contribution in [3.05, 3.63) is 80.7 Å². The van der Waals surface area contributed by atoms with E-state index in [9.17, 15) is 14.4 Å². The molecule has 210 valence electrons. The highest BCUT2D eigenvalue weighted by molar-refractivity contribution is 5.90. The first-order chi connectivity index (χ1) is 19.0. The molecule has 3 heterocycles. The summed E-state index contributed by atoms with van der Waals surface area (Å²) in [6.07, 6.45) is 2.75. The predicted molar refractivity (Wildman–Crippen MR) is 150 cm³/mol. The molecule has 1 amide bonds. The average molecular weight is 550 g/mol. The highest BCUT2D eigenvalue weighted by Crippen LogP contribution is 2.44. The maximum atomic E-state index is 16.2. The second-order valence-corrected chi connectivity index (χ2v) is 12.0. The molecule has 2 aliphatic rings. The van der Waals surface area contributed by atoms with Crippen LogP contribution in [0.15, 0.2) is 58.1 Å². The van der Waals surface area contributed by atoms with Crippen molar-refractivity contribution in [2.45, 2.75) is 77.7 Å². The van der Waals surface area contributed by atoms with Crippen LogP contribution in [0.5, 0.6) is 0 Å². The fourth-order valence-electron chi connectivity index (χ4n) is 5.96. The Morgan fingerprint density at radius 1 is 1.05 bits per heavy atom. The van der Waals surface area contributed by atoms with E-state index >= 15 is 4.39 Å². The summed E-state index contributed by atoms with van der Waals surface area (Å²) >= 11 is 0. The van der Waals surface area contributed by atoms with Crippen molar-refractivity contribution in [1.82, 2.24) is 18.2 Å². The maximum absolute atomic E-state index is 16.2. The summed E-state index contributed by atoms with van der Waals surface area (Å²) in [5.41, 5.74) is 0.264. The number of quaternary nitrogens is 1. The van der Waals surface area contributed by atoms with Gasteiger partial charge in [-0.05, 0) is 46.1 Å². The number of carbonyl (C=O) groups excluding carboxylic acids is 1. The summed E-state index contributed by atoms with van der Waals surface area (Å²) in [5.74, 6) is -0.600. The topological polar surface area (TPSA) is 83.9 Å². The molecule has 1 aliphatic carbocycles. The van der Waals surface area contributed by atoms with Gasteiger partial charge in [0.05, 0.1) is 17.6 Å². The van der Waals surface area contributed by atoms with Crippen molar-refractivity contribution in [1.29, 1.82) is 0 Å². The number of benzene rings is 2. The Morgan fingerprint density at radius 2 is 1.77 bits per heavy atom. The first-order valence-corrected chi connectivity index (χ1v) is 13.8. The molecule has 1 saturated carbocycles. The Morgan fingerprint density at radius 3 is 2.40 bits per heavy atom. The zero-order valence-electron chi connectivity index (χ0n) is 23.2. The minimum Gasteiger partial charge on any atom is -0.414 e. The molecular weight excluding hydrogens is 515 g/mol. The molecular formula is C30H34FN4O5+. The van der Waals surface area contributed by atoms with Crippen LogP contribution in [0, 0.1) is 5.82 Å². The highest BCUT2D eigenvalue weighted by atomic mass is 19.1. The van der Waals surface area contributed by atoms with Crippen molar-refractivity contribution >= 4 is 28.5 Å². The van der Waals surface area contributed by atoms with Gasteiger partial charge in [-0.3, -0.25) is 4.79 Å². The lowest BCUT2D eigenvalue weighted by atomic mass is 10.1. The molecule has 0 bridgehead atoms. The van der Waals surface area contributed by atoms with Crippen LogP contribution in [0.2, 0.25) is 0 Å². The standard InChI is InChI=1S/C30H34FN4O5/c1-19-9-8-14-35(19,29(38)40-30(2,3)4)25-16-24-23(15-22(25)31)33-26(32(24)21-12-13-21)17-27(36)34(28(33)37)39-18-20-10-6-5-7-11-20/h5-7,10-11,15-17,19,21H,8-9,12-14,18H2,1-4H3/q+1/t19-,35?/m1/s1. The van der Waals surface area contributed by atoms with E-state index < -0.39 is 28.8 Å². The summed E-state index contributed by atoms with van der Waals surface area (Å²) in [4.78, 5) is 46.1. The van der Waals surface area contributed by atoms with Gasteiger partial charge >= 0.3 is 11.8 Å². The minimum absolute atomic E-state index is 0.0234. The Kier molecular flexibility index (Phi) is 6.14. The van der Waals surface area contributed by atoms with E-state index in [2.05, 4.69) is 0 Å². The molecule has 2 fully saturated rings. The highest BCUT2D eigenvalue weighted by Gasteiger charge is 2.52. The Hall–Kier alpha value is -3.92. The van der Waals surface area contributed by atoms with Gasteiger partial charge in [0.25, 0.3) is 5.56 Å². The quantitative estimate of drug-likeness (QED) is 0.329. The van der Waals surface area contributed by atoms with Crippen LogP contribution in [-0.2, 0) is 11.3 Å². The van der Waals surface area contributed by atoms with Gasteiger partial charge in [-0.1, -0.05) is 35.1 Å². The molecule has 0 N–H and O–H groups in total. The largest absolute Gasteiger partial charge is 0.522 e. The third-order valence-electron chi connectivity index (χ3n) is 7.99. The number of ether oxygens (including phenoxy) is 1. The third-order valence-corrected chi connectivity index (χ3v) is 7.99. The first-order valence-electron chi connectivity index (χ1n) is 13.8. The minimum atomic E-state index is -0.737. The summed E-state index contributed by atoms with van der Waals surface area (Å²) in [5, 5.41) is 0. The summed E-state index contributed by atoms with van der Waals surface area (Å²) in [7, 11) is 0. The molecule has 4 aromatic rings. The molecule has 2 aromatic heterocycles. The molecule has 2 aromatic carbocycles. The first kappa shape index (κ1) is 26.3. The Balaban J connectivity index is 1.55. The van der Waals surface area contributed by atoms with Gasteiger partial charge in [-0.2, -0.15) is 9.28 Å². The van der Waals surface area contributed by atoms with Gasteiger partial charge in [0.15, 0.2) is 11.5 Å². The van der Waals surface area contributed by atoms with Crippen LogP contribution in [0.1, 0.15) is 65.0 Å². The van der Waals surface area contributed by atoms with Crippen molar-refractivity contribution in [3.63, 3.8) is 0 Å². The van der Waals surface area contributed by atoms with Crippen molar-refractivity contribution < 1.29 is 18.8 Å². The number of imidazole rings is 1. The van der Waals surface area contributed by atoms with Gasteiger partial charge in [0.1, 0.15) is 23.9 Å². The number of nitrogens with zero attached hydrogens (tertiary/aromatic N) is 4. The second-order valence-electron chi connectivity index (χ2n) is 12.0. The lowest BCUT2D eigenvalue weighted by molar-refractivity contribution is 0.0245. The zero-order chi connectivity index (χ0) is 28.4. The summed E-state index contributed by atoms with van der Waals surface area (Å²) < 4.78 is 25.7. The molecule has 1 aliphatic heterocycles. The fraction of sp³-hybridized carbons (Fsp3) is 0.433. The third kappa shape index (κ3) is 4.21. The van der Waals surface area contributed by atoms with Crippen molar-refractivity contribution in [2.75, 3.05) is 6.54 Å². The second kappa shape index (κ2) is 9.33. The lowest BCUT2D eigenvalue weighted by Crippen LogP contribution is -2.58. The van der Waals surface area contributed by atoms with E-state index in [4.69, 9.17) is 9.57 Å². The van der Waals surface area contributed by atoms with Crippen LogP contribution in [-0.4, -0.2) is 38.0 Å². The normalized spacial score (nSPS) is 21.3. The molecule has 40 heavy (non-hydrogen) atoms. The molecule has 0 radical (unpaired) electrons. The van der Waals surface area contributed by atoms with Crippen LogP contribution in [0.3, 0.4) is 0 Å². The zero-order valence-corrected chi connectivity index (χ0v) is 23.2. The molecule has 6 rings (SSSR count). The van der Waals surface area contributed by atoms with E-state index in [-0.39, 0.29) is 28.9 Å². The van der Waals surface area contributed by atoms with Gasteiger partial charge in [-0.15, -0.1) is 0 Å². The molecule has 1 unspecified atom stereocenters. The van der Waals surface area contributed by atoms with Crippen molar-refractivity contribution in [3.8, 4) is 0 Å². The number of fused-ring (bicyclic) bond motifs is 3. The number of rotatable bonds is 5. The van der Waals surface area contributed by atoms with Crippen LogP contribution in [0.25, 0.3) is 16.7 Å². The maximum Gasteiger partial charge on any atom is 0.522 e. The van der Waals surface area contributed by atoms with Gasteiger partial charge in [0.2, 0.25) is 0 Å². The van der Waals surface area contributed by atoms with Crippen molar-refractivity contribution in [2.24, 2.45) is 0 Å². The van der Waals surface area contributed by atoms with Crippen LogP contribution in [0.4, 0.5) is 14.9 Å². The number of aromatic nitrogens is 3. The van der Waals surface area contributed by atoms with E-state index in [1.165, 1.54) is 16.5 Å². The number of amides is 1. The Labute approximate surface area is 230 Å². The lowest BCUT2D eigenvalue weighted by Gasteiger charge is -2.36. The number of hydrogen-bond donors (Lipinski definition) is 0.